The van der Waals surface area contributed by atoms with Gasteiger partial charge in [0.05, 0.1) is 11.7 Å². The van der Waals surface area contributed by atoms with E-state index in [2.05, 4.69) is 17.6 Å². The molecule has 0 bridgehead atoms. The van der Waals surface area contributed by atoms with E-state index >= 15 is 0 Å². The van der Waals surface area contributed by atoms with Crippen molar-refractivity contribution in [2.24, 2.45) is 5.92 Å². The van der Waals surface area contributed by atoms with Crippen molar-refractivity contribution in [3.05, 3.63) is 39.2 Å². The first-order valence-electron chi connectivity index (χ1n) is 8.29. The molecule has 2 heterocycles. The second-order valence-electron chi connectivity index (χ2n) is 6.22. The second-order valence-corrected chi connectivity index (χ2v) is 7.89. The number of piperidine rings is 1. The Kier molecular flexibility index (Phi) is 5.54. The summed E-state index contributed by atoms with van der Waals surface area (Å²) in [6, 6.07) is 7.63. The van der Waals surface area contributed by atoms with Gasteiger partial charge < -0.3 is 10.6 Å². The van der Waals surface area contributed by atoms with Gasteiger partial charge in [0.15, 0.2) is 0 Å². The van der Waals surface area contributed by atoms with E-state index in [0.29, 0.717) is 0 Å². The van der Waals surface area contributed by atoms with Crippen LogP contribution < -0.4 is 10.6 Å². The van der Waals surface area contributed by atoms with E-state index in [1.54, 1.807) is 11.3 Å². The third-order valence-corrected chi connectivity index (χ3v) is 5.78. The van der Waals surface area contributed by atoms with E-state index < -0.39 is 0 Å². The summed E-state index contributed by atoms with van der Waals surface area (Å²) in [4.78, 5) is 18.3. The van der Waals surface area contributed by atoms with Crippen molar-refractivity contribution in [2.75, 3.05) is 13.1 Å². The summed E-state index contributed by atoms with van der Waals surface area (Å²) in [5.74, 6) is 0.260. The molecule has 0 radical (unpaired) electrons. The zero-order chi connectivity index (χ0) is 17.1. The number of carbonyl (C=O) groups is 1. The number of rotatable bonds is 4. The Hall–Kier alpha value is -1.43. The van der Waals surface area contributed by atoms with Crippen LogP contribution in [0.2, 0.25) is 5.02 Å². The number of amides is 1. The Morgan fingerprint density at radius 2 is 2.00 bits per heavy atom. The van der Waals surface area contributed by atoms with Gasteiger partial charge in [-0.1, -0.05) is 23.7 Å². The normalized spacial score (nSPS) is 16.8. The van der Waals surface area contributed by atoms with Gasteiger partial charge in [-0.05, 0) is 51.9 Å². The number of nitrogens with one attached hydrogen (secondary N) is 2. The quantitative estimate of drug-likeness (QED) is 0.864. The standard InChI is InChI=1S/C18H22ClN3OS/c1-11(21-17(23)14-7-9-20-10-8-14)18-22-16(12(2)24-18)13-3-5-15(19)6-4-13/h3-6,11,14,20H,7-10H2,1-2H3,(H,21,23). The van der Waals surface area contributed by atoms with E-state index in [1.807, 2.05) is 31.2 Å². The zero-order valence-electron chi connectivity index (χ0n) is 13.9. The molecular weight excluding hydrogens is 342 g/mol. The number of aryl methyl sites for hydroxylation is 1. The number of halogens is 1. The Balaban J connectivity index is 1.71. The highest BCUT2D eigenvalue weighted by molar-refractivity contribution is 7.12. The van der Waals surface area contributed by atoms with Crippen LogP contribution in [0.15, 0.2) is 24.3 Å². The monoisotopic (exact) mass is 363 g/mol. The summed E-state index contributed by atoms with van der Waals surface area (Å²) in [6.45, 7) is 5.91. The lowest BCUT2D eigenvalue weighted by Crippen LogP contribution is -2.39. The smallest absolute Gasteiger partial charge is 0.223 e. The summed E-state index contributed by atoms with van der Waals surface area (Å²) in [5, 5.41) is 8.08. The number of hydrogen-bond acceptors (Lipinski definition) is 4. The Bertz CT molecular complexity index is 708. The molecule has 128 valence electrons. The van der Waals surface area contributed by atoms with E-state index in [-0.39, 0.29) is 17.9 Å². The molecule has 0 aliphatic carbocycles. The first-order valence-corrected chi connectivity index (χ1v) is 9.48. The highest BCUT2D eigenvalue weighted by Crippen LogP contribution is 2.31. The van der Waals surface area contributed by atoms with Crippen molar-refractivity contribution in [2.45, 2.75) is 32.7 Å². The maximum atomic E-state index is 12.4. The van der Waals surface area contributed by atoms with Gasteiger partial charge in [-0.3, -0.25) is 4.79 Å². The van der Waals surface area contributed by atoms with E-state index in [1.165, 1.54) is 0 Å². The highest BCUT2D eigenvalue weighted by Gasteiger charge is 2.24. The van der Waals surface area contributed by atoms with Gasteiger partial charge in [-0.25, -0.2) is 4.98 Å². The van der Waals surface area contributed by atoms with Crippen LogP contribution in [-0.2, 0) is 4.79 Å². The number of nitrogens with zero attached hydrogens (tertiary/aromatic N) is 1. The molecule has 4 nitrogen and oxygen atoms in total. The Morgan fingerprint density at radius 3 is 2.67 bits per heavy atom. The van der Waals surface area contributed by atoms with Crippen molar-refractivity contribution in [3.63, 3.8) is 0 Å². The molecule has 6 heteroatoms. The molecule has 1 aromatic heterocycles. The second kappa shape index (κ2) is 7.64. The van der Waals surface area contributed by atoms with Gasteiger partial charge in [0, 0.05) is 21.4 Å². The van der Waals surface area contributed by atoms with E-state index in [9.17, 15) is 4.79 Å². The van der Waals surface area contributed by atoms with Crippen molar-refractivity contribution in [1.82, 2.24) is 15.6 Å². The van der Waals surface area contributed by atoms with Crippen LogP contribution in [0.25, 0.3) is 11.3 Å². The number of thiazole rings is 1. The van der Waals surface area contributed by atoms with Crippen molar-refractivity contribution >= 4 is 28.8 Å². The highest BCUT2D eigenvalue weighted by atomic mass is 35.5. The van der Waals surface area contributed by atoms with Gasteiger partial charge in [0.2, 0.25) is 5.91 Å². The minimum Gasteiger partial charge on any atom is -0.347 e. The van der Waals surface area contributed by atoms with Gasteiger partial charge in [0.1, 0.15) is 5.01 Å². The third kappa shape index (κ3) is 3.97. The van der Waals surface area contributed by atoms with Crippen molar-refractivity contribution < 1.29 is 4.79 Å². The zero-order valence-corrected chi connectivity index (χ0v) is 15.5. The molecule has 1 saturated heterocycles. The SMILES string of the molecule is Cc1sc(C(C)NC(=O)C2CCNCC2)nc1-c1ccc(Cl)cc1. The summed E-state index contributed by atoms with van der Waals surface area (Å²) in [6.07, 6.45) is 1.82. The molecule has 3 rings (SSSR count). The van der Waals surface area contributed by atoms with Crippen LogP contribution in [-0.4, -0.2) is 24.0 Å². The molecular formula is C18H22ClN3OS. The number of hydrogen-bond donors (Lipinski definition) is 2. The molecule has 24 heavy (non-hydrogen) atoms. The first-order chi connectivity index (χ1) is 11.5. The average Bonchev–Trinajstić information content (AvgIpc) is 2.98. The maximum absolute atomic E-state index is 12.4. The van der Waals surface area contributed by atoms with Gasteiger partial charge in [-0.2, -0.15) is 0 Å². The Labute approximate surface area is 151 Å². The molecule has 1 aromatic carbocycles. The fraction of sp³-hybridized carbons (Fsp3) is 0.444. The number of carbonyl (C=O) groups excluding carboxylic acids is 1. The van der Waals surface area contributed by atoms with Crippen molar-refractivity contribution in [3.8, 4) is 11.3 Å². The van der Waals surface area contributed by atoms with Crippen LogP contribution in [0.3, 0.4) is 0 Å². The molecule has 1 fully saturated rings. The molecule has 1 amide bonds. The van der Waals surface area contributed by atoms with E-state index in [0.717, 1.165) is 52.1 Å². The summed E-state index contributed by atoms with van der Waals surface area (Å²) >= 11 is 7.59. The minimum absolute atomic E-state index is 0.0721. The van der Waals surface area contributed by atoms with Crippen LogP contribution in [0, 0.1) is 12.8 Å². The fourth-order valence-electron chi connectivity index (χ4n) is 2.95. The molecule has 2 N–H and O–H groups in total. The molecule has 0 spiro atoms. The number of aromatic nitrogens is 1. The predicted molar refractivity (Wildman–Crippen MR) is 99.4 cm³/mol. The van der Waals surface area contributed by atoms with Gasteiger partial charge >= 0.3 is 0 Å². The summed E-state index contributed by atoms with van der Waals surface area (Å²) in [7, 11) is 0. The van der Waals surface area contributed by atoms with E-state index in [4.69, 9.17) is 16.6 Å². The largest absolute Gasteiger partial charge is 0.347 e. The van der Waals surface area contributed by atoms with Gasteiger partial charge in [0.25, 0.3) is 0 Å². The van der Waals surface area contributed by atoms with Crippen LogP contribution >= 0.6 is 22.9 Å². The van der Waals surface area contributed by atoms with Crippen LogP contribution in [0.4, 0.5) is 0 Å². The topological polar surface area (TPSA) is 54.0 Å². The third-order valence-electron chi connectivity index (χ3n) is 4.37. The molecule has 1 unspecified atom stereocenters. The lowest BCUT2D eigenvalue weighted by atomic mass is 9.97. The number of benzene rings is 1. The summed E-state index contributed by atoms with van der Waals surface area (Å²) in [5.41, 5.74) is 2.02. The average molecular weight is 364 g/mol. The summed E-state index contributed by atoms with van der Waals surface area (Å²) < 4.78 is 0. The molecule has 1 aliphatic rings. The lowest BCUT2D eigenvalue weighted by Gasteiger charge is -2.23. The fourth-order valence-corrected chi connectivity index (χ4v) is 4.03. The molecule has 1 atom stereocenters. The maximum Gasteiger partial charge on any atom is 0.223 e. The molecule has 2 aromatic rings. The lowest BCUT2D eigenvalue weighted by molar-refractivity contribution is -0.126. The Morgan fingerprint density at radius 1 is 1.33 bits per heavy atom. The molecule has 1 aliphatic heterocycles. The van der Waals surface area contributed by atoms with Crippen molar-refractivity contribution in [1.29, 1.82) is 0 Å². The van der Waals surface area contributed by atoms with Gasteiger partial charge in [-0.15, -0.1) is 11.3 Å². The minimum atomic E-state index is -0.0721. The predicted octanol–water partition coefficient (Wildman–Crippen LogP) is 3.95. The molecule has 0 saturated carbocycles. The van der Waals surface area contributed by atoms with Crippen LogP contribution in [0.5, 0.6) is 0 Å². The van der Waals surface area contributed by atoms with Crippen LogP contribution in [0.1, 0.15) is 35.7 Å². The first kappa shape index (κ1) is 17.4.